The van der Waals surface area contributed by atoms with Gasteiger partial charge in [0.05, 0.1) is 5.56 Å². The molecule has 0 atom stereocenters. The Morgan fingerprint density at radius 1 is 1.35 bits per heavy atom. The van der Waals surface area contributed by atoms with Crippen molar-refractivity contribution < 1.29 is 5.11 Å². The number of allylic oxidation sites excluding steroid dienone is 1. The van der Waals surface area contributed by atoms with E-state index in [4.69, 9.17) is 0 Å². The van der Waals surface area contributed by atoms with Gasteiger partial charge in [0, 0.05) is 16.7 Å². The first kappa shape index (κ1) is 15.5. The molecular weight excluding hydrogens is 304 g/mol. The maximum Gasteiger partial charge on any atom is 0.134 e. The van der Waals surface area contributed by atoms with E-state index < -0.39 is 0 Å². The van der Waals surface area contributed by atoms with E-state index in [0.29, 0.717) is 17.5 Å². The smallest absolute Gasteiger partial charge is 0.134 e. The molecule has 116 valence electrons. The van der Waals surface area contributed by atoms with Crippen molar-refractivity contribution in [2.45, 2.75) is 32.1 Å². The first-order valence-corrected chi connectivity index (χ1v) is 8.56. The highest BCUT2D eigenvalue weighted by Gasteiger charge is 2.20. The van der Waals surface area contributed by atoms with Crippen molar-refractivity contribution >= 4 is 22.6 Å². The molecule has 1 aromatic heterocycles. The number of aliphatic imine (C=N–C) groups is 1. The summed E-state index contributed by atoms with van der Waals surface area (Å²) in [4.78, 5) is 5.80. The molecule has 0 bridgehead atoms. The summed E-state index contributed by atoms with van der Waals surface area (Å²) in [6.45, 7) is 3.70. The van der Waals surface area contributed by atoms with E-state index >= 15 is 0 Å². The average Bonchev–Trinajstić information content (AvgIpc) is 2.93. The molecule has 0 aliphatic heterocycles. The second kappa shape index (κ2) is 6.80. The minimum absolute atomic E-state index is 0.232. The average molecular weight is 322 g/mol. The predicted molar refractivity (Wildman–Crippen MR) is 94.9 cm³/mol. The molecule has 1 aromatic carbocycles. The van der Waals surface area contributed by atoms with Gasteiger partial charge in [0.15, 0.2) is 0 Å². The Morgan fingerprint density at radius 2 is 2.17 bits per heavy atom. The molecule has 1 aliphatic rings. The Morgan fingerprint density at radius 3 is 2.96 bits per heavy atom. The van der Waals surface area contributed by atoms with E-state index in [1.54, 1.807) is 23.6 Å². The lowest BCUT2D eigenvalue weighted by molar-refractivity contribution is 0.469. The molecule has 1 N–H and O–H groups in total. The molecule has 3 rings (SSSR count). The molecule has 4 heteroatoms. The number of hydrogen-bond donors (Lipinski definition) is 1. The van der Waals surface area contributed by atoms with E-state index in [0.717, 1.165) is 29.8 Å². The van der Waals surface area contributed by atoms with Crippen LogP contribution in [-0.2, 0) is 19.3 Å². The molecule has 0 radical (unpaired) electrons. The van der Waals surface area contributed by atoms with Crippen LogP contribution in [0.1, 0.15) is 40.0 Å². The molecule has 0 amide bonds. The molecule has 1 aliphatic carbocycles. The van der Waals surface area contributed by atoms with Crippen molar-refractivity contribution in [3.63, 3.8) is 0 Å². The summed E-state index contributed by atoms with van der Waals surface area (Å²) in [6, 6.07) is 7.90. The molecule has 1 heterocycles. The Balaban J connectivity index is 1.95. The van der Waals surface area contributed by atoms with E-state index in [-0.39, 0.29) is 5.75 Å². The van der Waals surface area contributed by atoms with Crippen LogP contribution in [-0.4, -0.2) is 11.3 Å². The number of nitriles is 1. The fourth-order valence-corrected chi connectivity index (χ4v) is 4.10. The third kappa shape index (κ3) is 3.06. The highest BCUT2D eigenvalue weighted by molar-refractivity contribution is 7.16. The Labute approximate surface area is 140 Å². The number of rotatable bonds is 4. The molecule has 0 spiro atoms. The fourth-order valence-electron chi connectivity index (χ4n) is 2.92. The van der Waals surface area contributed by atoms with Crippen LogP contribution >= 0.6 is 11.3 Å². The molecule has 23 heavy (non-hydrogen) atoms. The number of aromatic hydroxyl groups is 1. The summed E-state index contributed by atoms with van der Waals surface area (Å²) in [5, 5.41) is 20.5. The lowest BCUT2D eigenvalue weighted by Crippen LogP contribution is -1.99. The van der Waals surface area contributed by atoms with Crippen LogP contribution in [0.5, 0.6) is 5.75 Å². The van der Waals surface area contributed by atoms with Gasteiger partial charge in [0.1, 0.15) is 16.8 Å². The summed E-state index contributed by atoms with van der Waals surface area (Å²) in [5.74, 6) is 0.232. The number of phenols is 1. The maximum absolute atomic E-state index is 10.3. The third-order valence-electron chi connectivity index (χ3n) is 4.10. The topological polar surface area (TPSA) is 56.4 Å². The zero-order valence-corrected chi connectivity index (χ0v) is 13.7. The van der Waals surface area contributed by atoms with Gasteiger partial charge in [-0.05, 0) is 49.3 Å². The van der Waals surface area contributed by atoms with Crippen LogP contribution in [0, 0.1) is 11.3 Å². The van der Waals surface area contributed by atoms with Gasteiger partial charge in [-0.1, -0.05) is 18.2 Å². The molecule has 3 nitrogen and oxygen atoms in total. The van der Waals surface area contributed by atoms with Crippen molar-refractivity contribution in [2.75, 3.05) is 0 Å². The summed E-state index contributed by atoms with van der Waals surface area (Å²) in [6.07, 6.45) is 8.38. The highest BCUT2D eigenvalue weighted by atomic mass is 32.1. The maximum atomic E-state index is 10.3. The minimum atomic E-state index is 0.232. The Kier molecular flexibility index (Phi) is 4.59. The van der Waals surface area contributed by atoms with Crippen molar-refractivity contribution in [1.29, 1.82) is 5.26 Å². The SMILES string of the molecule is C=CCc1cccc(/C=N/c2sc3c(c2C#N)CCCC3)c1O. The number of fused-ring (bicyclic) bond motifs is 1. The quantitative estimate of drug-likeness (QED) is 0.656. The van der Waals surface area contributed by atoms with Gasteiger partial charge in [-0.3, -0.25) is 0 Å². The van der Waals surface area contributed by atoms with Gasteiger partial charge in [-0.2, -0.15) is 5.26 Å². The van der Waals surface area contributed by atoms with Crippen LogP contribution in [0.2, 0.25) is 0 Å². The first-order chi connectivity index (χ1) is 11.2. The van der Waals surface area contributed by atoms with Crippen molar-refractivity contribution in [3.05, 3.63) is 58.0 Å². The zero-order valence-electron chi connectivity index (χ0n) is 12.9. The number of nitrogens with zero attached hydrogens (tertiary/aromatic N) is 2. The highest BCUT2D eigenvalue weighted by Crippen LogP contribution is 2.39. The van der Waals surface area contributed by atoms with Crippen molar-refractivity contribution in [1.82, 2.24) is 0 Å². The van der Waals surface area contributed by atoms with Gasteiger partial charge in [0.25, 0.3) is 0 Å². The summed E-state index contributed by atoms with van der Waals surface area (Å²) in [5.41, 5.74) is 3.39. The lowest BCUT2D eigenvalue weighted by atomic mass is 9.96. The monoisotopic (exact) mass is 322 g/mol. The molecular formula is C19H18N2OS. The second-order valence-electron chi connectivity index (χ2n) is 5.61. The summed E-state index contributed by atoms with van der Waals surface area (Å²) in [7, 11) is 0. The number of aryl methyl sites for hydroxylation is 1. The molecule has 0 unspecified atom stereocenters. The van der Waals surface area contributed by atoms with Crippen LogP contribution in [0.25, 0.3) is 0 Å². The Hall–Kier alpha value is -2.38. The molecule has 2 aromatic rings. The fraction of sp³-hybridized carbons (Fsp3) is 0.263. The largest absolute Gasteiger partial charge is 0.507 e. The normalized spacial score (nSPS) is 13.7. The van der Waals surface area contributed by atoms with Crippen LogP contribution < -0.4 is 0 Å². The zero-order chi connectivity index (χ0) is 16.2. The van der Waals surface area contributed by atoms with Crippen molar-refractivity contribution in [2.24, 2.45) is 4.99 Å². The number of phenolic OH excluding ortho intramolecular Hbond substituents is 1. The second-order valence-corrected chi connectivity index (χ2v) is 6.69. The van der Waals surface area contributed by atoms with E-state index in [9.17, 15) is 10.4 Å². The number of hydrogen-bond acceptors (Lipinski definition) is 4. The lowest BCUT2D eigenvalue weighted by Gasteiger charge is -2.09. The molecule has 0 fully saturated rings. The van der Waals surface area contributed by atoms with Crippen LogP contribution in [0.4, 0.5) is 5.00 Å². The predicted octanol–water partition coefficient (Wildman–Crippen LogP) is 4.68. The van der Waals surface area contributed by atoms with E-state index in [1.165, 1.54) is 16.9 Å². The Bertz CT molecular complexity index is 812. The number of thiophene rings is 1. The molecule has 0 saturated carbocycles. The van der Waals surface area contributed by atoms with Gasteiger partial charge in [-0.25, -0.2) is 4.99 Å². The first-order valence-electron chi connectivity index (χ1n) is 7.75. The van der Waals surface area contributed by atoms with Crippen LogP contribution in [0.15, 0.2) is 35.8 Å². The van der Waals surface area contributed by atoms with Gasteiger partial charge < -0.3 is 5.11 Å². The molecule has 0 saturated heterocycles. The standard InChI is InChI=1S/C19H18N2OS/c1-2-6-13-7-5-8-14(18(13)22)12-21-19-16(11-20)15-9-3-4-10-17(15)23-19/h2,5,7-8,12,22H,1,3-4,6,9-10H2/b21-12+. The number of benzene rings is 1. The van der Waals surface area contributed by atoms with Gasteiger partial charge in [-0.15, -0.1) is 17.9 Å². The third-order valence-corrected chi connectivity index (χ3v) is 5.30. The number of para-hydroxylation sites is 1. The van der Waals surface area contributed by atoms with Gasteiger partial charge in [0.2, 0.25) is 0 Å². The minimum Gasteiger partial charge on any atom is -0.507 e. The summed E-state index contributed by atoms with van der Waals surface area (Å²) < 4.78 is 0. The van der Waals surface area contributed by atoms with E-state index in [2.05, 4.69) is 17.6 Å². The van der Waals surface area contributed by atoms with Crippen molar-refractivity contribution in [3.8, 4) is 11.8 Å². The summed E-state index contributed by atoms with van der Waals surface area (Å²) >= 11 is 1.61. The van der Waals surface area contributed by atoms with E-state index in [1.807, 2.05) is 18.2 Å². The van der Waals surface area contributed by atoms with Gasteiger partial charge >= 0.3 is 0 Å². The van der Waals surface area contributed by atoms with Crippen LogP contribution in [0.3, 0.4) is 0 Å².